The summed E-state index contributed by atoms with van der Waals surface area (Å²) < 4.78 is 71.1. The van der Waals surface area contributed by atoms with Crippen LogP contribution in [0.25, 0.3) is 0 Å². The second-order valence-electron chi connectivity index (χ2n) is 5.61. The van der Waals surface area contributed by atoms with Gasteiger partial charge in [0.1, 0.15) is 0 Å². The van der Waals surface area contributed by atoms with Gasteiger partial charge in [-0.05, 0) is 0 Å². The van der Waals surface area contributed by atoms with Crippen LogP contribution in [0.4, 0.5) is 13.2 Å². The molecule has 23 heavy (non-hydrogen) atoms. The standard InChI is InChI=1S/C12H21F3N2O5S/c13-12(14,15)11(18)22-9-1-5-17(7-3-16-4-8-17)6-2-10-23(19,20)21/h16H,1-10H2/p+1. The monoisotopic (exact) mass is 363 g/mol. The maximum absolute atomic E-state index is 12.0. The first-order valence-corrected chi connectivity index (χ1v) is 8.90. The lowest BCUT2D eigenvalue weighted by atomic mass is 10.2. The Morgan fingerprint density at radius 1 is 1.17 bits per heavy atom. The molecule has 0 atom stereocenters. The van der Waals surface area contributed by atoms with Crippen LogP contribution in [0.5, 0.6) is 0 Å². The van der Waals surface area contributed by atoms with Gasteiger partial charge in [0.2, 0.25) is 0 Å². The van der Waals surface area contributed by atoms with Gasteiger partial charge in [-0.15, -0.1) is 0 Å². The molecule has 0 unspecified atom stereocenters. The Kier molecular flexibility index (Phi) is 7.24. The molecule has 1 saturated heterocycles. The van der Waals surface area contributed by atoms with Gasteiger partial charge in [0.25, 0.3) is 10.1 Å². The summed E-state index contributed by atoms with van der Waals surface area (Å²) in [5.74, 6) is -2.54. The van der Waals surface area contributed by atoms with Crippen molar-refractivity contribution in [2.75, 3.05) is 51.6 Å². The molecule has 136 valence electrons. The fourth-order valence-corrected chi connectivity index (χ4v) is 3.15. The molecule has 0 aromatic heterocycles. The van der Waals surface area contributed by atoms with Crippen molar-refractivity contribution >= 4 is 16.1 Å². The minimum absolute atomic E-state index is 0.258. The molecule has 1 rings (SSSR count). The van der Waals surface area contributed by atoms with Gasteiger partial charge in [-0.1, -0.05) is 0 Å². The molecule has 0 bridgehead atoms. The van der Waals surface area contributed by atoms with Gasteiger partial charge in [-0.25, -0.2) is 4.79 Å². The molecule has 1 fully saturated rings. The van der Waals surface area contributed by atoms with Gasteiger partial charge in [0.15, 0.2) is 0 Å². The van der Waals surface area contributed by atoms with Gasteiger partial charge in [0, 0.05) is 25.9 Å². The summed E-state index contributed by atoms with van der Waals surface area (Å²) in [4.78, 5) is 10.6. The van der Waals surface area contributed by atoms with Gasteiger partial charge in [0.05, 0.1) is 38.5 Å². The zero-order valence-electron chi connectivity index (χ0n) is 12.6. The van der Waals surface area contributed by atoms with Crippen molar-refractivity contribution in [2.24, 2.45) is 0 Å². The molecule has 0 spiro atoms. The van der Waals surface area contributed by atoms with Crippen molar-refractivity contribution in [2.45, 2.75) is 19.0 Å². The largest absolute Gasteiger partial charge is 0.490 e. The highest BCUT2D eigenvalue weighted by atomic mass is 32.2. The van der Waals surface area contributed by atoms with Crippen molar-refractivity contribution in [1.29, 1.82) is 0 Å². The van der Waals surface area contributed by atoms with Crippen LogP contribution in [0, 0.1) is 0 Å². The highest BCUT2D eigenvalue weighted by molar-refractivity contribution is 7.85. The molecule has 7 nitrogen and oxygen atoms in total. The number of carbonyl (C=O) groups excluding carboxylic acids is 1. The molecular weight excluding hydrogens is 341 g/mol. The van der Waals surface area contributed by atoms with E-state index in [9.17, 15) is 26.4 Å². The second kappa shape index (κ2) is 8.27. The number of hydrogen-bond donors (Lipinski definition) is 2. The molecule has 0 saturated carbocycles. The van der Waals surface area contributed by atoms with Crippen molar-refractivity contribution in [3.05, 3.63) is 0 Å². The molecule has 0 radical (unpaired) electrons. The number of carbonyl (C=O) groups is 1. The van der Waals surface area contributed by atoms with Crippen LogP contribution >= 0.6 is 0 Å². The number of piperazine rings is 1. The van der Waals surface area contributed by atoms with E-state index in [1.807, 2.05) is 0 Å². The summed E-state index contributed by atoms with van der Waals surface area (Å²) in [5, 5.41) is 3.16. The number of halogens is 3. The smallest absolute Gasteiger partial charge is 0.459 e. The Hall–Kier alpha value is -0.910. The van der Waals surface area contributed by atoms with Crippen LogP contribution in [0.15, 0.2) is 0 Å². The fourth-order valence-electron chi connectivity index (χ4n) is 2.66. The minimum atomic E-state index is -4.99. The predicted octanol–water partition coefficient (Wildman–Crippen LogP) is 0.180. The summed E-state index contributed by atoms with van der Waals surface area (Å²) in [5.41, 5.74) is 0. The van der Waals surface area contributed by atoms with Crippen molar-refractivity contribution in [1.82, 2.24) is 5.32 Å². The number of ether oxygens (including phenoxy) is 1. The van der Waals surface area contributed by atoms with Crippen LogP contribution in [-0.2, 0) is 19.6 Å². The van der Waals surface area contributed by atoms with Crippen molar-refractivity contribution in [3.8, 4) is 0 Å². The maximum atomic E-state index is 12.0. The third-order valence-electron chi connectivity index (χ3n) is 3.80. The first-order valence-electron chi connectivity index (χ1n) is 7.29. The summed E-state index contributed by atoms with van der Waals surface area (Å²) >= 11 is 0. The molecule has 0 aliphatic carbocycles. The molecule has 0 aromatic rings. The molecule has 0 amide bonds. The number of esters is 1. The van der Waals surface area contributed by atoms with Crippen molar-refractivity contribution in [3.63, 3.8) is 0 Å². The van der Waals surface area contributed by atoms with Crippen LogP contribution in [0.1, 0.15) is 12.8 Å². The topological polar surface area (TPSA) is 92.7 Å². The number of nitrogens with zero attached hydrogens (tertiary/aromatic N) is 1. The van der Waals surface area contributed by atoms with Crippen LogP contribution in [0.3, 0.4) is 0 Å². The van der Waals surface area contributed by atoms with E-state index in [-0.39, 0.29) is 25.2 Å². The van der Waals surface area contributed by atoms with Gasteiger partial charge >= 0.3 is 12.1 Å². The molecule has 1 aliphatic heterocycles. The van der Waals surface area contributed by atoms with E-state index in [0.29, 0.717) is 43.8 Å². The highest BCUT2D eigenvalue weighted by Crippen LogP contribution is 2.17. The summed E-state index contributed by atoms with van der Waals surface area (Å²) in [6.45, 7) is 3.50. The number of rotatable bonds is 8. The lowest BCUT2D eigenvalue weighted by Crippen LogP contribution is -2.59. The number of nitrogens with one attached hydrogen (secondary N) is 1. The highest BCUT2D eigenvalue weighted by Gasteiger charge is 2.41. The SMILES string of the molecule is O=C(OCCC[N+]1(CCCS(=O)(=O)O)CCNCC1)C(F)(F)F. The number of alkyl halides is 3. The van der Waals surface area contributed by atoms with E-state index in [1.165, 1.54) is 0 Å². The Labute approximate surface area is 133 Å². The third kappa shape index (κ3) is 7.95. The fraction of sp³-hybridized carbons (Fsp3) is 0.917. The Bertz CT molecular complexity index is 489. The number of quaternary nitrogens is 1. The average Bonchev–Trinajstić information content (AvgIpc) is 2.42. The first-order chi connectivity index (χ1) is 10.5. The summed E-state index contributed by atoms with van der Waals surface area (Å²) in [7, 11) is -4.02. The molecular formula is C12H22F3N2O5S+. The Morgan fingerprint density at radius 2 is 1.74 bits per heavy atom. The predicted molar refractivity (Wildman–Crippen MR) is 75.3 cm³/mol. The van der Waals surface area contributed by atoms with Gasteiger partial charge in [-0.3, -0.25) is 4.55 Å². The molecule has 11 heteroatoms. The van der Waals surface area contributed by atoms with E-state index >= 15 is 0 Å². The zero-order chi connectivity index (χ0) is 17.6. The van der Waals surface area contributed by atoms with Crippen LogP contribution < -0.4 is 5.32 Å². The van der Waals surface area contributed by atoms with E-state index in [2.05, 4.69) is 10.1 Å². The second-order valence-corrected chi connectivity index (χ2v) is 7.18. The summed E-state index contributed by atoms with van der Waals surface area (Å²) in [6.07, 6.45) is -4.47. The average molecular weight is 363 g/mol. The molecule has 2 N–H and O–H groups in total. The van der Waals surface area contributed by atoms with E-state index < -0.39 is 22.3 Å². The summed E-state index contributed by atoms with van der Waals surface area (Å²) in [6, 6.07) is 0. The molecule has 1 heterocycles. The van der Waals surface area contributed by atoms with E-state index in [0.717, 1.165) is 0 Å². The first kappa shape index (κ1) is 20.1. The Balaban J connectivity index is 2.43. The molecule has 0 aromatic carbocycles. The Morgan fingerprint density at radius 3 is 2.26 bits per heavy atom. The lowest BCUT2D eigenvalue weighted by molar-refractivity contribution is -0.929. The quantitative estimate of drug-likeness (QED) is 0.277. The van der Waals surface area contributed by atoms with Crippen molar-refractivity contribution < 1.29 is 40.2 Å². The van der Waals surface area contributed by atoms with Gasteiger partial charge < -0.3 is 14.5 Å². The zero-order valence-corrected chi connectivity index (χ0v) is 13.5. The minimum Gasteiger partial charge on any atom is -0.459 e. The number of hydrogen-bond acceptors (Lipinski definition) is 5. The van der Waals surface area contributed by atoms with Crippen LogP contribution in [-0.4, -0.2) is 81.2 Å². The third-order valence-corrected chi connectivity index (χ3v) is 4.61. The normalized spacial score (nSPS) is 18.6. The molecule has 1 aliphatic rings. The van der Waals surface area contributed by atoms with E-state index in [1.54, 1.807) is 0 Å². The lowest BCUT2D eigenvalue weighted by Gasteiger charge is -2.42. The van der Waals surface area contributed by atoms with Gasteiger partial charge in [-0.2, -0.15) is 21.6 Å². The maximum Gasteiger partial charge on any atom is 0.490 e. The van der Waals surface area contributed by atoms with E-state index in [4.69, 9.17) is 4.55 Å². The van der Waals surface area contributed by atoms with Crippen LogP contribution in [0.2, 0.25) is 0 Å².